The number of carbonyl (C=O) groups is 1. The smallest absolute Gasteiger partial charge is 0.321 e. The fourth-order valence-electron chi connectivity index (χ4n) is 3.22. The Labute approximate surface area is 199 Å². The van der Waals surface area contributed by atoms with Crippen LogP contribution < -0.4 is 16.0 Å². The summed E-state index contributed by atoms with van der Waals surface area (Å²) in [6.45, 7) is 7.24. The lowest BCUT2D eigenvalue weighted by atomic mass is 10.2. The molecule has 2 aromatic rings. The van der Waals surface area contributed by atoms with Crippen LogP contribution in [-0.2, 0) is 13.0 Å². The Morgan fingerprint density at radius 1 is 1.23 bits per heavy atom. The summed E-state index contributed by atoms with van der Waals surface area (Å²) in [5.41, 5.74) is 3.02. The largest absolute Gasteiger partial charge is 0.356 e. The van der Waals surface area contributed by atoms with Crippen molar-refractivity contribution in [2.24, 2.45) is 4.99 Å². The number of halogens is 1. The molecule has 0 spiro atoms. The standard InChI is InChI=1S/C21H30N6OS.HI/c1-15-16(2)29-19(25-15)9-10-23-20(22-3)24-14-17-7-6-8-18(13-17)26-21(28)27-11-4-5-12-27;/h6-8,13H,4-5,9-12,14H2,1-3H3,(H,26,28)(H2,22,23,24);1H. The Balaban J connectivity index is 0.00000320. The summed E-state index contributed by atoms with van der Waals surface area (Å²) in [5.74, 6) is 0.751. The van der Waals surface area contributed by atoms with Crippen molar-refractivity contribution in [2.75, 3.05) is 32.0 Å². The Morgan fingerprint density at radius 3 is 2.67 bits per heavy atom. The average Bonchev–Trinajstić information content (AvgIpc) is 3.35. The highest BCUT2D eigenvalue weighted by Gasteiger charge is 2.17. The van der Waals surface area contributed by atoms with Gasteiger partial charge in [0.2, 0.25) is 0 Å². The maximum absolute atomic E-state index is 12.3. The number of aromatic nitrogens is 1. The van der Waals surface area contributed by atoms with Gasteiger partial charge in [-0.2, -0.15) is 0 Å². The van der Waals surface area contributed by atoms with Crippen LogP contribution in [0.2, 0.25) is 0 Å². The van der Waals surface area contributed by atoms with Gasteiger partial charge in [0.25, 0.3) is 0 Å². The van der Waals surface area contributed by atoms with Gasteiger partial charge in [-0.15, -0.1) is 35.3 Å². The average molecular weight is 542 g/mol. The highest BCUT2D eigenvalue weighted by molar-refractivity contribution is 14.0. The van der Waals surface area contributed by atoms with Gasteiger partial charge < -0.3 is 20.9 Å². The number of nitrogens with zero attached hydrogens (tertiary/aromatic N) is 3. The van der Waals surface area contributed by atoms with Gasteiger partial charge in [0, 0.05) is 50.2 Å². The lowest BCUT2D eigenvalue weighted by Gasteiger charge is -2.17. The molecule has 2 heterocycles. The van der Waals surface area contributed by atoms with Gasteiger partial charge >= 0.3 is 6.03 Å². The first-order chi connectivity index (χ1) is 14.0. The number of benzene rings is 1. The minimum Gasteiger partial charge on any atom is -0.356 e. The summed E-state index contributed by atoms with van der Waals surface area (Å²) in [6.07, 6.45) is 3.05. The zero-order valence-electron chi connectivity index (χ0n) is 17.8. The topological polar surface area (TPSA) is 81.6 Å². The molecule has 0 bridgehead atoms. The summed E-state index contributed by atoms with van der Waals surface area (Å²) in [5, 5.41) is 10.8. The monoisotopic (exact) mass is 542 g/mol. The number of likely N-dealkylation sites (tertiary alicyclic amines) is 1. The number of aliphatic imine (C=N–C) groups is 1. The van der Waals surface area contributed by atoms with E-state index >= 15 is 0 Å². The van der Waals surface area contributed by atoms with E-state index in [1.807, 2.05) is 36.1 Å². The number of rotatable bonds is 6. The second-order valence-corrected chi connectivity index (χ2v) is 8.46. The van der Waals surface area contributed by atoms with Crippen molar-refractivity contribution in [1.29, 1.82) is 0 Å². The second kappa shape index (κ2) is 12.1. The van der Waals surface area contributed by atoms with Crippen LogP contribution in [0.5, 0.6) is 0 Å². The van der Waals surface area contributed by atoms with Crippen molar-refractivity contribution in [2.45, 2.75) is 39.7 Å². The molecule has 3 rings (SSSR count). The zero-order chi connectivity index (χ0) is 20.6. The van der Waals surface area contributed by atoms with E-state index < -0.39 is 0 Å². The van der Waals surface area contributed by atoms with Crippen molar-refractivity contribution >= 4 is 53.0 Å². The number of guanidine groups is 1. The van der Waals surface area contributed by atoms with Crippen LogP contribution in [0, 0.1) is 13.8 Å². The number of amides is 2. The van der Waals surface area contributed by atoms with E-state index in [1.54, 1.807) is 18.4 Å². The molecule has 2 amide bonds. The molecule has 164 valence electrons. The minimum atomic E-state index is -0.0160. The molecule has 0 aliphatic carbocycles. The highest BCUT2D eigenvalue weighted by atomic mass is 127. The maximum Gasteiger partial charge on any atom is 0.321 e. The number of anilines is 1. The minimum absolute atomic E-state index is 0. The molecule has 7 nitrogen and oxygen atoms in total. The first-order valence-electron chi connectivity index (χ1n) is 10.1. The van der Waals surface area contributed by atoms with E-state index in [9.17, 15) is 4.79 Å². The molecule has 1 aromatic carbocycles. The molecule has 30 heavy (non-hydrogen) atoms. The van der Waals surface area contributed by atoms with E-state index in [-0.39, 0.29) is 30.0 Å². The molecule has 1 saturated heterocycles. The zero-order valence-corrected chi connectivity index (χ0v) is 21.0. The second-order valence-electron chi connectivity index (χ2n) is 7.18. The third-order valence-electron chi connectivity index (χ3n) is 4.96. The van der Waals surface area contributed by atoms with Crippen molar-refractivity contribution in [3.8, 4) is 0 Å². The summed E-state index contributed by atoms with van der Waals surface area (Å²) in [6, 6.07) is 7.89. The van der Waals surface area contributed by atoms with E-state index in [2.05, 4.69) is 32.9 Å². The first-order valence-corrected chi connectivity index (χ1v) is 10.9. The van der Waals surface area contributed by atoms with Gasteiger partial charge in [-0.1, -0.05) is 12.1 Å². The van der Waals surface area contributed by atoms with Crippen LogP contribution in [0.1, 0.15) is 34.0 Å². The number of carbonyl (C=O) groups excluding carboxylic acids is 1. The quantitative estimate of drug-likeness (QED) is 0.294. The first kappa shape index (κ1) is 24.4. The van der Waals surface area contributed by atoms with Crippen molar-refractivity contribution in [3.05, 3.63) is 45.4 Å². The predicted molar refractivity (Wildman–Crippen MR) is 135 cm³/mol. The van der Waals surface area contributed by atoms with Gasteiger partial charge in [-0.05, 0) is 44.4 Å². The molecule has 1 aliphatic heterocycles. The van der Waals surface area contributed by atoms with E-state index in [4.69, 9.17) is 0 Å². The third kappa shape index (κ3) is 7.12. The Kier molecular flexibility index (Phi) is 9.83. The number of nitrogens with one attached hydrogen (secondary N) is 3. The summed E-state index contributed by atoms with van der Waals surface area (Å²) < 4.78 is 0. The van der Waals surface area contributed by atoms with Gasteiger partial charge in [0.15, 0.2) is 5.96 Å². The fraction of sp³-hybridized carbons (Fsp3) is 0.476. The van der Waals surface area contributed by atoms with Gasteiger partial charge in [0.05, 0.1) is 10.7 Å². The number of aryl methyl sites for hydroxylation is 2. The fourth-order valence-corrected chi connectivity index (χ4v) is 4.16. The van der Waals surface area contributed by atoms with E-state index in [1.165, 1.54) is 4.88 Å². The molecule has 0 saturated carbocycles. The van der Waals surface area contributed by atoms with Gasteiger partial charge in [-0.25, -0.2) is 9.78 Å². The molecule has 1 aromatic heterocycles. The lowest BCUT2D eigenvalue weighted by molar-refractivity contribution is 0.222. The van der Waals surface area contributed by atoms with Crippen LogP contribution >= 0.6 is 35.3 Å². The highest BCUT2D eigenvalue weighted by Crippen LogP contribution is 2.16. The third-order valence-corrected chi connectivity index (χ3v) is 6.09. The molecular weight excluding hydrogens is 511 g/mol. The van der Waals surface area contributed by atoms with Crippen LogP contribution in [0.4, 0.5) is 10.5 Å². The summed E-state index contributed by atoms with van der Waals surface area (Å²) >= 11 is 1.75. The Hall–Kier alpha value is -1.88. The molecule has 1 aliphatic rings. The van der Waals surface area contributed by atoms with Crippen LogP contribution in [0.15, 0.2) is 29.3 Å². The van der Waals surface area contributed by atoms with Gasteiger partial charge in [0.1, 0.15) is 0 Å². The number of thiazole rings is 1. The van der Waals surface area contributed by atoms with Crippen LogP contribution in [-0.4, -0.2) is 48.6 Å². The lowest BCUT2D eigenvalue weighted by Crippen LogP contribution is -2.37. The SMILES string of the molecule is CN=C(NCCc1nc(C)c(C)s1)NCc1cccc(NC(=O)N2CCCC2)c1.I. The van der Waals surface area contributed by atoms with E-state index in [0.29, 0.717) is 6.54 Å². The van der Waals surface area contributed by atoms with Crippen LogP contribution in [0.25, 0.3) is 0 Å². The normalized spacial score (nSPS) is 13.7. The van der Waals surface area contributed by atoms with Crippen molar-refractivity contribution in [3.63, 3.8) is 0 Å². The maximum atomic E-state index is 12.3. The Morgan fingerprint density at radius 2 is 2.00 bits per heavy atom. The van der Waals surface area contributed by atoms with Crippen molar-refractivity contribution < 1.29 is 4.79 Å². The Bertz CT molecular complexity index is 843. The van der Waals surface area contributed by atoms with Crippen LogP contribution in [0.3, 0.4) is 0 Å². The number of urea groups is 1. The molecular formula is C21H31IN6OS. The van der Waals surface area contributed by atoms with E-state index in [0.717, 1.165) is 66.8 Å². The number of hydrogen-bond acceptors (Lipinski definition) is 4. The predicted octanol–water partition coefficient (Wildman–Crippen LogP) is 3.91. The summed E-state index contributed by atoms with van der Waals surface area (Å²) in [4.78, 5) is 24.3. The molecule has 1 fully saturated rings. The summed E-state index contributed by atoms with van der Waals surface area (Å²) in [7, 11) is 1.76. The molecule has 0 atom stereocenters. The molecule has 9 heteroatoms. The van der Waals surface area contributed by atoms with Crippen molar-refractivity contribution in [1.82, 2.24) is 20.5 Å². The number of hydrogen-bond donors (Lipinski definition) is 3. The molecule has 0 unspecified atom stereocenters. The molecule has 3 N–H and O–H groups in total. The molecule has 0 radical (unpaired) electrons. The van der Waals surface area contributed by atoms with Gasteiger partial charge in [-0.3, -0.25) is 4.99 Å².